The topological polar surface area (TPSA) is 32.3 Å². The Labute approximate surface area is 116 Å². The van der Waals surface area contributed by atoms with E-state index in [1.165, 1.54) is 11.1 Å². The van der Waals surface area contributed by atoms with Gasteiger partial charge in [0.25, 0.3) is 0 Å². The first kappa shape index (κ1) is 14.1. The minimum Gasteiger partial charge on any atom is -0.319 e. The lowest BCUT2D eigenvalue weighted by molar-refractivity contribution is -0.130. The Hall–Kier alpha value is -1.35. The van der Waals surface area contributed by atoms with Crippen LogP contribution in [-0.4, -0.2) is 23.4 Å². The molecule has 19 heavy (non-hydrogen) atoms. The van der Waals surface area contributed by atoms with Gasteiger partial charge in [0.05, 0.1) is 6.54 Å². The van der Waals surface area contributed by atoms with Gasteiger partial charge in [-0.05, 0) is 30.4 Å². The van der Waals surface area contributed by atoms with Crippen LogP contribution in [0.1, 0.15) is 57.3 Å². The second-order valence-corrected chi connectivity index (χ2v) is 5.66. The van der Waals surface area contributed by atoms with Crippen LogP contribution in [0.15, 0.2) is 24.3 Å². The third-order valence-electron chi connectivity index (χ3n) is 4.00. The molecule has 0 aliphatic carbocycles. The van der Waals surface area contributed by atoms with Crippen molar-refractivity contribution in [1.29, 1.82) is 0 Å². The van der Waals surface area contributed by atoms with E-state index in [1.807, 2.05) is 4.90 Å². The molecule has 1 fully saturated rings. The molecule has 0 aromatic heterocycles. The number of hydrogen-bond donors (Lipinski definition) is 1. The van der Waals surface area contributed by atoms with Gasteiger partial charge in [0.1, 0.15) is 6.17 Å². The van der Waals surface area contributed by atoms with Crippen LogP contribution in [0.4, 0.5) is 0 Å². The van der Waals surface area contributed by atoms with Gasteiger partial charge in [-0.2, -0.15) is 0 Å². The molecule has 2 atom stereocenters. The first-order chi connectivity index (χ1) is 9.04. The highest BCUT2D eigenvalue weighted by Gasteiger charge is 2.34. The van der Waals surface area contributed by atoms with E-state index in [2.05, 4.69) is 57.3 Å². The summed E-state index contributed by atoms with van der Waals surface area (Å²) in [5, 5.41) is 3.31. The van der Waals surface area contributed by atoms with Gasteiger partial charge in [-0.1, -0.05) is 45.0 Å². The summed E-state index contributed by atoms with van der Waals surface area (Å²) in [6.07, 6.45) is 1.01. The zero-order valence-electron chi connectivity index (χ0n) is 12.3. The van der Waals surface area contributed by atoms with E-state index in [0.717, 1.165) is 6.42 Å². The van der Waals surface area contributed by atoms with E-state index in [0.29, 0.717) is 12.5 Å². The van der Waals surface area contributed by atoms with Crippen LogP contribution in [0, 0.1) is 0 Å². The van der Waals surface area contributed by atoms with Gasteiger partial charge in [-0.25, -0.2) is 0 Å². The number of carbonyl (C=O) groups is 1. The van der Waals surface area contributed by atoms with Gasteiger partial charge in [0, 0.05) is 6.04 Å². The van der Waals surface area contributed by atoms with Crippen LogP contribution in [0.25, 0.3) is 0 Å². The molecule has 3 heteroatoms. The summed E-state index contributed by atoms with van der Waals surface area (Å²) in [5.74, 6) is 0.741. The van der Waals surface area contributed by atoms with Gasteiger partial charge < -0.3 is 4.90 Å². The lowest BCUT2D eigenvalue weighted by Crippen LogP contribution is -2.37. The average molecular weight is 260 g/mol. The van der Waals surface area contributed by atoms with Crippen molar-refractivity contribution < 1.29 is 4.79 Å². The molecule has 0 radical (unpaired) electrons. The molecule has 2 unspecified atom stereocenters. The molecule has 1 aliphatic rings. The number of hydrogen-bond acceptors (Lipinski definition) is 2. The van der Waals surface area contributed by atoms with Crippen molar-refractivity contribution in [3.63, 3.8) is 0 Å². The van der Waals surface area contributed by atoms with Crippen LogP contribution in [0.5, 0.6) is 0 Å². The predicted molar refractivity (Wildman–Crippen MR) is 77.9 cm³/mol. The van der Waals surface area contributed by atoms with E-state index in [1.54, 1.807) is 0 Å². The first-order valence-corrected chi connectivity index (χ1v) is 7.19. The molecule has 1 aliphatic heterocycles. The molecule has 1 heterocycles. The molecule has 2 rings (SSSR count). The van der Waals surface area contributed by atoms with E-state index < -0.39 is 0 Å². The van der Waals surface area contributed by atoms with Crippen molar-refractivity contribution in [1.82, 2.24) is 10.2 Å². The Morgan fingerprint density at radius 3 is 2.42 bits per heavy atom. The van der Waals surface area contributed by atoms with E-state index in [4.69, 9.17) is 0 Å². The second-order valence-electron chi connectivity index (χ2n) is 5.66. The summed E-state index contributed by atoms with van der Waals surface area (Å²) in [5.41, 5.74) is 2.51. The highest BCUT2D eigenvalue weighted by molar-refractivity contribution is 5.81. The van der Waals surface area contributed by atoms with Crippen molar-refractivity contribution in [3.05, 3.63) is 35.4 Å². The smallest absolute Gasteiger partial charge is 0.238 e. The zero-order valence-corrected chi connectivity index (χ0v) is 12.3. The first-order valence-electron chi connectivity index (χ1n) is 7.19. The quantitative estimate of drug-likeness (QED) is 0.902. The predicted octanol–water partition coefficient (Wildman–Crippen LogP) is 3.04. The van der Waals surface area contributed by atoms with E-state index in [-0.39, 0.29) is 18.1 Å². The third kappa shape index (κ3) is 2.81. The summed E-state index contributed by atoms with van der Waals surface area (Å²) >= 11 is 0. The Balaban J connectivity index is 2.22. The van der Waals surface area contributed by atoms with Crippen molar-refractivity contribution >= 4 is 5.91 Å². The van der Waals surface area contributed by atoms with E-state index in [9.17, 15) is 4.79 Å². The number of nitrogens with zero attached hydrogens (tertiary/aromatic N) is 1. The molecule has 0 saturated carbocycles. The Bertz CT molecular complexity index is 439. The summed E-state index contributed by atoms with van der Waals surface area (Å²) < 4.78 is 0. The average Bonchev–Trinajstić information content (AvgIpc) is 2.80. The van der Waals surface area contributed by atoms with Gasteiger partial charge in [-0.3, -0.25) is 10.1 Å². The fourth-order valence-electron chi connectivity index (χ4n) is 2.56. The summed E-state index contributed by atoms with van der Waals surface area (Å²) in [4.78, 5) is 14.0. The number of carbonyl (C=O) groups excluding carboxylic acids is 1. The maximum Gasteiger partial charge on any atom is 0.238 e. The van der Waals surface area contributed by atoms with Gasteiger partial charge in [0.2, 0.25) is 5.91 Å². The maximum absolute atomic E-state index is 12.0. The summed E-state index contributed by atoms with van der Waals surface area (Å²) in [6, 6.07) is 8.89. The monoisotopic (exact) mass is 260 g/mol. The zero-order chi connectivity index (χ0) is 14.0. The SMILES string of the molecule is CCC(C)N1C(=O)CNC1c1ccc(C(C)C)cc1. The Morgan fingerprint density at radius 1 is 1.26 bits per heavy atom. The molecule has 0 bridgehead atoms. The van der Waals surface area contributed by atoms with Gasteiger partial charge in [0.15, 0.2) is 0 Å². The van der Waals surface area contributed by atoms with Crippen LogP contribution < -0.4 is 5.32 Å². The lowest BCUT2D eigenvalue weighted by atomic mass is 10.0. The summed E-state index contributed by atoms with van der Waals surface area (Å²) in [6.45, 7) is 9.06. The molecule has 1 saturated heterocycles. The van der Waals surface area contributed by atoms with Crippen molar-refractivity contribution in [2.75, 3.05) is 6.54 Å². The number of nitrogens with one attached hydrogen (secondary N) is 1. The van der Waals surface area contributed by atoms with Crippen LogP contribution in [0.3, 0.4) is 0 Å². The fourth-order valence-corrected chi connectivity index (χ4v) is 2.56. The van der Waals surface area contributed by atoms with Crippen LogP contribution in [0.2, 0.25) is 0 Å². The lowest BCUT2D eigenvalue weighted by Gasteiger charge is -2.30. The van der Waals surface area contributed by atoms with Gasteiger partial charge >= 0.3 is 0 Å². The van der Waals surface area contributed by atoms with Crippen LogP contribution in [-0.2, 0) is 4.79 Å². The molecule has 1 aromatic carbocycles. The second kappa shape index (κ2) is 5.74. The highest BCUT2D eigenvalue weighted by atomic mass is 16.2. The highest BCUT2D eigenvalue weighted by Crippen LogP contribution is 2.27. The Morgan fingerprint density at radius 2 is 1.89 bits per heavy atom. The standard InChI is InChI=1S/C16H24N2O/c1-5-12(4)18-15(19)10-17-16(18)14-8-6-13(7-9-14)11(2)3/h6-9,11-12,16-17H,5,10H2,1-4H3. The number of rotatable bonds is 4. The Kier molecular flexibility index (Phi) is 4.25. The molecular weight excluding hydrogens is 236 g/mol. The molecular formula is C16H24N2O. The molecule has 1 amide bonds. The molecule has 104 valence electrons. The molecule has 0 spiro atoms. The van der Waals surface area contributed by atoms with Crippen molar-refractivity contribution in [2.24, 2.45) is 0 Å². The molecule has 3 nitrogen and oxygen atoms in total. The minimum atomic E-state index is 0.0312. The van der Waals surface area contributed by atoms with Crippen LogP contribution >= 0.6 is 0 Å². The van der Waals surface area contributed by atoms with Crippen molar-refractivity contribution in [2.45, 2.75) is 52.2 Å². The minimum absolute atomic E-state index is 0.0312. The maximum atomic E-state index is 12.0. The summed E-state index contributed by atoms with van der Waals surface area (Å²) in [7, 11) is 0. The molecule has 1 aromatic rings. The largest absolute Gasteiger partial charge is 0.319 e. The fraction of sp³-hybridized carbons (Fsp3) is 0.562. The van der Waals surface area contributed by atoms with Crippen molar-refractivity contribution in [3.8, 4) is 0 Å². The van der Waals surface area contributed by atoms with Gasteiger partial charge in [-0.15, -0.1) is 0 Å². The number of benzene rings is 1. The molecule has 1 N–H and O–H groups in total. The number of amides is 1. The third-order valence-corrected chi connectivity index (χ3v) is 4.00. The van der Waals surface area contributed by atoms with E-state index >= 15 is 0 Å². The normalized spacial score (nSPS) is 21.2.